The Morgan fingerprint density at radius 3 is 2.43 bits per heavy atom. The molecule has 1 saturated heterocycles. The number of amides is 1. The quantitative estimate of drug-likeness (QED) is 0.257. The number of hydrogen-bond acceptors (Lipinski definition) is 7. The van der Waals surface area contributed by atoms with Crippen molar-refractivity contribution in [3.8, 4) is 16.9 Å². The molecule has 1 aliphatic heterocycles. The van der Waals surface area contributed by atoms with Crippen LogP contribution in [0.15, 0.2) is 72.8 Å². The fourth-order valence-corrected chi connectivity index (χ4v) is 5.61. The van der Waals surface area contributed by atoms with Crippen LogP contribution in [0, 0.1) is 6.92 Å². The number of carbonyl (C=O) groups excluding carboxylic acids is 1. The topological polar surface area (TPSA) is 108 Å². The summed E-state index contributed by atoms with van der Waals surface area (Å²) in [6.07, 6.45) is 3.28. The standard InChI is InChI=1S/C32H38N2O5S.CH4O/c1-22-9-7-8-12-27(22)29-17-23(13-14-28(29)31(35)33-30(32(36)37)15-16-40-3)19-34-20-26(38-2)18-24(34)21-39-25-10-5-4-6-11-25;1-2/h4-14,17,24,26,30H,15-16,18-21H2,1-3H3,(H,33,35)(H,36,37);2H,1H3. The van der Waals surface area contributed by atoms with E-state index in [1.54, 1.807) is 18.9 Å². The van der Waals surface area contributed by atoms with Gasteiger partial charge >= 0.3 is 5.97 Å². The Bertz CT molecular complexity index is 1290. The van der Waals surface area contributed by atoms with E-state index in [2.05, 4.69) is 16.3 Å². The van der Waals surface area contributed by atoms with Crippen LogP contribution >= 0.6 is 11.8 Å². The van der Waals surface area contributed by atoms with Crippen molar-refractivity contribution in [3.05, 3.63) is 89.5 Å². The van der Waals surface area contributed by atoms with Crippen molar-refractivity contribution >= 4 is 23.6 Å². The van der Waals surface area contributed by atoms with Crippen molar-refractivity contribution in [1.82, 2.24) is 10.2 Å². The molecular formula is C33H42N2O6S. The van der Waals surface area contributed by atoms with Gasteiger partial charge in [0.25, 0.3) is 5.91 Å². The van der Waals surface area contributed by atoms with E-state index in [0.717, 1.165) is 48.1 Å². The number of aliphatic carboxylic acids is 1. The third-order valence-electron chi connectivity index (χ3n) is 7.37. The SMILES string of the molecule is CO.COC1CC(COc2ccccc2)N(Cc2ccc(C(=O)NC(CCSC)C(=O)O)c(-c3ccccc3C)c2)C1. The zero-order valence-corrected chi connectivity index (χ0v) is 25.6. The average Bonchev–Trinajstić information content (AvgIpc) is 3.41. The molecule has 226 valence electrons. The van der Waals surface area contributed by atoms with Crippen LogP contribution in [0.3, 0.4) is 0 Å². The number of nitrogens with one attached hydrogen (secondary N) is 1. The Labute approximate surface area is 253 Å². The first-order chi connectivity index (χ1) is 20.4. The van der Waals surface area contributed by atoms with Gasteiger partial charge in [0, 0.05) is 38.9 Å². The summed E-state index contributed by atoms with van der Waals surface area (Å²) >= 11 is 1.56. The number of para-hydroxylation sites is 1. The average molecular weight is 595 g/mol. The molecule has 3 aromatic rings. The van der Waals surface area contributed by atoms with Crippen molar-refractivity contribution in [2.75, 3.05) is 39.4 Å². The second-order valence-corrected chi connectivity index (χ2v) is 11.1. The number of likely N-dealkylation sites (tertiary alicyclic amines) is 1. The van der Waals surface area contributed by atoms with E-state index in [1.807, 2.05) is 79.9 Å². The smallest absolute Gasteiger partial charge is 0.326 e. The lowest BCUT2D eigenvalue weighted by Crippen LogP contribution is -2.41. The molecule has 3 N–H and O–H groups in total. The molecule has 4 rings (SSSR count). The number of aryl methyl sites for hydroxylation is 1. The van der Waals surface area contributed by atoms with Crippen LogP contribution in [0.5, 0.6) is 5.75 Å². The third kappa shape index (κ3) is 9.06. The molecule has 0 spiro atoms. The maximum Gasteiger partial charge on any atom is 0.326 e. The Kier molecular flexibility index (Phi) is 13.3. The molecule has 1 heterocycles. The van der Waals surface area contributed by atoms with Gasteiger partial charge in [-0.25, -0.2) is 4.79 Å². The van der Waals surface area contributed by atoms with E-state index in [9.17, 15) is 14.7 Å². The molecule has 1 aliphatic rings. The molecular weight excluding hydrogens is 552 g/mol. The number of methoxy groups -OCH3 is 1. The van der Waals surface area contributed by atoms with Crippen molar-refractivity contribution in [1.29, 1.82) is 0 Å². The van der Waals surface area contributed by atoms with Crippen molar-refractivity contribution in [2.24, 2.45) is 0 Å². The Morgan fingerprint density at radius 2 is 1.76 bits per heavy atom. The van der Waals surface area contributed by atoms with Gasteiger partial charge in [0.1, 0.15) is 18.4 Å². The molecule has 0 saturated carbocycles. The minimum atomic E-state index is -1.03. The van der Waals surface area contributed by atoms with Gasteiger partial charge in [-0.3, -0.25) is 9.69 Å². The first-order valence-electron chi connectivity index (χ1n) is 14.0. The minimum Gasteiger partial charge on any atom is -0.492 e. The molecule has 0 radical (unpaired) electrons. The van der Waals surface area contributed by atoms with Crippen LogP contribution in [0.1, 0.15) is 34.3 Å². The number of carbonyl (C=O) groups is 2. The second kappa shape index (κ2) is 16.9. The normalized spacial score (nSPS) is 17.2. The van der Waals surface area contributed by atoms with E-state index >= 15 is 0 Å². The number of ether oxygens (including phenoxy) is 2. The summed E-state index contributed by atoms with van der Waals surface area (Å²) in [5, 5.41) is 19.4. The summed E-state index contributed by atoms with van der Waals surface area (Å²) in [6, 6.07) is 22.8. The number of carboxylic acid groups (broad SMARTS) is 1. The molecule has 3 atom stereocenters. The third-order valence-corrected chi connectivity index (χ3v) is 8.02. The van der Waals surface area contributed by atoms with Crippen molar-refractivity contribution in [2.45, 2.75) is 44.5 Å². The Morgan fingerprint density at radius 1 is 1.05 bits per heavy atom. The summed E-state index contributed by atoms with van der Waals surface area (Å²) in [6.45, 7) is 4.04. The second-order valence-electron chi connectivity index (χ2n) is 10.1. The van der Waals surface area contributed by atoms with E-state index in [-0.39, 0.29) is 18.1 Å². The number of aliphatic hydroxyl groups excluding tert-OH is 1. The monoisotopic (exact) mass is 594 g/mol. The number of nitrogens with zero attached hydrogens (tertiary/aromatic N) is 1. The molecule has 0 aromatic heterocycles. The van der Waals surface area contributed by atoms with Crippen LogP contribution in [-0.4, -0.2) is 84.6 Å². The summed E-state index contributed by atoms with van der Waals surface area (Å²) in [5.41, 5.74) is 4.31. The molecule has 42 heavy (non-hydrogen) atoms. The summed E-state index contributed by atoms with van der Waals surface area (Å²) in [7, 11) is 2.75. The number of aliphatic hydroxyl groups is 1. The highest BCUT2D eigenvalue weighted by atomic mass is 32.2. The fourth-order valence-electron chi connectivity index (χ4n) is 5.13. The predicted molar refractivity (Wildman–Crippen MR) is 168 cm³/mol. The van der Waals surface area contributed by atoms with Crippen molar-refractivity contribution < 1.29 is 29.3 Å². The van der Waals surface area contributed by atoms with Gasteiger partial charge in [0.15, 0.2) is 0 Å². The number of carboxylic acids is 1. The zero-order valence-electron chi connectivity index (χ0n) is 24.8. The Balaban J connectivity index is 0.00000237. The van der Waals surface area contributed by atoms with Crippen LogP contribution in [0.2, 0.25) is 0 Å². The van der Waals surface area contributed by atoms with Gasteiger partial charge in [-0.05, 0) is 78.3 Å². The molecule has 8 nitrogen and oxygen atoms in total. The predicted octanol–water partition coefficient (Wildman–Crippen LogP) is 4.87. The van der Waals surface area contributed by atoms with E-state index in [4.69, 9.17) is 14.6 Å². The summed E-state index contributed by atoms with van der Waals surface area (Å²) in [4.78, 5) is 27.6. The highest BCUT2D eigenvalue weighted by Gasteiger charge is 2.33. The Hall–Kier alpha value is -3.37. The van der Waals surface area contributed by atoms with Gasteiger partial charge in [-0.2, -0.15) is 11.8 Å². The minimum absolute atomic E-state index is 0.125. The zero-order chi connectivity index (χ0) is 30.5. The molecule has 3 aromatic carbocycles. The lowest BCUT2D eigenvalue weighted by Gasteiger charge is -2.25. The van der Waals surface area contributed by atoms with Gasteiger partial charge in [-0.1, -0.05) is 48.5 Å². The summed E-state index contributed by atoms with van der Waals surface area (Å²) in [5.74, 6) is 0.0848. The van der Waals surface area contributed by atoms with Crippen LogP contribution in [0.4, 0.5) is 0 Å². The maximum atomic E-state index is 13.4. The first-order valence-corrected chi connectivity index (χ1v) is 15.4. The number of rotatable bonds is 13. The number of benzene rings is 3. The van der Waals surface area contributed by atoms with Gasteiger partial charge in [0.2, 0.25) is 0 Å². The van der Waals surface area contributed by atoms with E-state index < -0.39 is 12.0 Å². The number of hydrogen-bond donors (Lipinski definition) is 3. The maximum absolute atomic E-state index is 13.4. The molecule has 1 amide bonds. The van der Waals surface area contributed by atoms with Gasteiger partial charge < -0.3 is 25.0 Å². The van der Waals surface area contributed by atoms with Gasteiger partial charge in [0.05, 0.1) is 6.10 Å². The molecule has 0 aliphatic carbocycles. The van der Waals surface area contributed by atoms with Crippen LogP contribution in [-0.2, 0) is 16.1 Å². The summed E-state index contributed by atoms with van der Waals surface area (Å²) < 4.78 is 11.8. The molecule has 9 heteroatoms. The molecule has 3 unspecified atom stereocenters. The number of thioether (sulfide) groups is 1. The fraction of sp³-hybridized carbons (Fsp3) is 0.394. The lowest BCUT2D eigenvalue weighted by molar-refractivity contribution is -0.139. The van der Waals surface area contributed by atoms with Gasteiger partial charge in [-0.15, -0.1) is 0 Å². The first kappa shape index (κ1) is 33.1. The van der Waals surface area contributed by atoms with Crippen LogP contribution < -0.4 is 10.1 Å². The van der Waals surface area contributed by atoms with Crippen molar-refractivity contribution in [3.63, 3.8) is 0 Å². The lowest BCUT2D eigenvalue weighted by atomic mass is 9.93. The van der Waals surface area contributed by atoms with Crippen LogP contribution in [0.25, 0.3) is 11.1 Å². The molecule has 1 fully saturated rings. The van der Waals surface area contributed by atoms with E-state index in [0.29, 0.717) is 30.9 Å². The highest BCUT2D eigenvalue weighted by molar-refractivity contribution is 7.98. The highest BCUT2D eigenvalue weighted by Crippen LogP contribution is 2.30. The van der Waals surface area contributed by atoms with E-state index in [1.165, 1.54) is 0 Å². The largest absolute Gasteiger partial charge is 0.492 e. The molecule has 0 bridgehead atoms.